The van der Waals surface area contributed by atoms with Crippen LogP contribution in [-0.2, 0) is 28.6 Å². The van der Waals surface area contributed by atoms with Crippen molar-refractivity contribution < 1.29 is 33.4 Å². The molecule has 0 aromatic rings. The van der Waals surface area contributed by atoms with Gasteiger partial charge in [0.2, 0.25) is 5.76 Å². The van der Waals surface area contributed by atoms with E-state index >= 15 is 0 Å². The summed E-state index contributed by atoms with van der Waals surface area (Å²) < 4.78 is 14.5. The third kappa shape index (κ3) is 7.73. The molecule has 0 aromatic heterocycles. The van der Waals surface area contributed by atoms with Gasteiger partial charge in [0, 0.05) is 7.05 Å². The first-order chi connectivity index (χ1) is 13.1. The maximum Gasteiger partial charge on any atom is 0.410 e. The number of hydrogen-bond acceptors (Lipinski definition) is 9. The Balaban J connectivity index is 2.90. The first kappa shape index (κ1) is 23.7. The third-order valence-corrected chi connectivity index (χ3v) is 3.99. The molecule has 1 aliphatic heterocycles. The molecule has 0 saturated carbocycles. The Hall–Kier alpha value is -2.33. The quantitative estimate of drug-likeness (QED) is 0.222. The molecule has 1 rings (SSSR count). The van der Waals surface area contributed by atoms with Gasteiger partial charge in [0.15, 0.2) is 0 Å². The maximum absolute atomic E-state index is 12.5. The normalized spacial score (nSPS) is 20.6. The molecule has 10 nitrogen and oxygen atoms in total. The lowest BCUT2D eigenvalue weighted by molar-refractivity contribution is -0.144. The highest BCUT2D eigenvalue weighted by molar-refractivity contribution is 5.94. The minimum absolute atomic E-state index is 0.311. The molecule has 0 radical (unpaired) electrons. The number of methoxy groups -OCH3 is 2. The van der Waals surface area contributed by atoms with E-state index in [1.807, 2.05) is 0 Å². The lowest BCUT2D eigenvalue weighted by Gasteiger charge is -2.34. The lowest BCUT2D eigenvalue weighted by Crippen LogP contribution is -2.57. The zero-order valence-corrected chi connectivity index (χ0v) is 17.4. The smallest absolute Gasteiger partial charge is 0.410 e. The topological polar surface area (TPSA) is 115 Å². The van der Waals surface area contributed by atoms with E-state index < -0.39 is 29.8 Å². The number of likely N-dealkylation sites (N-methyl/N-ethyl adjacent to an activating group) is 1. The molecule has 2 N–H and O–H groups in total. The van der Waals surface area contributed by atoms with Crippen molar-refractivity contribution in [1.29, 1.82) is 0 Å². The molecule has 1 heterocycles. The van der Waals surface area contributed by atoms with Crippen LogP contribution in [-0.4, -0.2) is 68.6 Å². The molecule has 0 spiro atoms. The third-order valence-electron chi connectivity index (χ3n) is 3.99. The van der Waals surface area contributed by atoms with E-state index in [4.69, 9.17) is 9.57 Å². The van der Waals surface area contributed by atoms with Gasteiger partial charge in [-0.05, 0) is 40.2 Å². The Bertz CT molecular complexity index is 586. The van der Waals surface area contributed by atoms with E-state index in [2.05, 4.69) is 20.3 Å². The predicted molar refractivity (Wildman–Crippen MR) is 99.8 cm³/mol. The molecular weight excluding hydrogens is 370 g/mol. The summed E-state index contributed by atoms with van der Waals surface area (Å²) in [5.41, 5.74) is 2.10. The Morgan fingerprint density at radius 3 is 2.39 bits per heavy atom. The maximum atomic E-state index is 12.5. The van der Waals surface area contributed by atoms with Crippen LogP contribution in [0.4, 0.5) is 4.79 Å². The SMILES string of the molecule is COC(=O)C=C(ONC1NCCCCC1N(C)C(=O)OC(C)(C)C)C(=O)OC. The summed E-state index contributed by atoms with van der Waals surface area (Å²) >= 11 is 0. The molecular formula is C18H31N3O7. The molecule has 1 fully saturated rings. The van der Waals surface area contributed by atoms with Crippen molar-refractivity contribution in [2.75, 3.05) is 27.8 Å². The monoisotopic (exact) mass is 401 g/mol. The molecule has 1 aliphatic rings. The fourth-order valence-corrected chi connectivity index (χ4v) is 2.57. The molecule has 2 atom stereocenters. The van der Waals surface area contributed by atoms with E-state index in [0.29, 0.717) is 13.0 Å². The highest BCUT2D eigenvalue weighted by atomic mass is 16.7. The molecule has 0 aromatic carbocycles. The van der Waals surface area contributed by atoms with Crippen molar-refractivity contribution in [3.05, 3.63) is 11.8 Å². The molecule has 1 saturated heterocycles. The fourth-order valence-electron chi connectivity index (χ4n) is 2.57. The number of rotatable bonds is 6. The van der Waals surface area contributed by atoms with Gasteiger partial charge in [-0.2, -0.15) is 0 Å². The van der Waals surface area contributed by atoms with Crippen LogP contribution in [0.1, 0.15) is 40.0 Å². The van der Waals surface area contributed by atoms with E-state index in [9.17, 15) is 14.4 Å². The number of carbonyl (C=O) groups is 3. The first-order valence-electron chi connectivity index (χ1n) is 9.08. The minimum Gasteiger partial charge on any atom is -0.466 e. The van der Waals surface area contributed by atoms with Crippen molar-refractivity contribution in [3.8, 4) is 0 Å². The summed E-state index contributed by atoms with van der Waals surface area (Å²) in [7, 11) is 3.99. The average molecular weight is 401 g/mol. The van der Waals surface area contributed by atoms with Crippen molar-refractivity contribution in [2.24, 2.45) is 0 Å². The molecule has 0 aliphatic carbocycles. The second-order valence-corrected chi connectivity index (χ2v) is 7.33. The van der Waals surface area contributed by atoms with E-state index in [1.54, 1.807) is 27.8 Å². The zero-order chi connectivity index (χ0) is 21.3. The average Bonchev–Trinajstić information content (AvgIpc) is 2.87. The van der Waals surface area contributed by atoms with Crippen molar-refractivity contribution in [1.82, 2.24) is 15.7 Å². The van der Waals surface area contributed by atoms with Gasteiger partial charge in [0.05, 0.1) is 26.3 Å². The Kier molecular flexibility index (Phi) is 9.20. The van der Waals surface area contributed by atoms with E-state index in [0.717, 1.165) is 18.9 Å². The summed E-state index contributed by atoms with van der Waals surface area (Å²) in [6.07, 6.45) is 2.40. The van der Waals surface area contributed by atoms with Gasteiger partial charge in [-0.1, -0.05) is 6.42 Å². The lowest BCUT2D eigenvalue weighted by atomic mass is 10.1. The second kappa shape index (κ2) is 10.9. The molecule has 160 valence electrons. The van der Waals surface area contributed by atoms with Gasteiger partial charge in [-0.15, -0.1) is 5.48 Å². The van der Waals surface area contributed by atoms with Gasteiger partial charge < -0.3 is 23.9 Å². The van der Waals surface area contributed by atoms with E-state index in [-0.39, 0.29) is 11.8 Å². The minimum atomic E-state index is -0.844. The van der Waals surface area contributed by atoms with Crippen molar-refractivity contribution >= 4 is 18.0 Å². The Labute approximate surface area is 165 Å². The Morgan fingerprint density at radius 1 is 1.14 bits per heavy atom. The van der Waals surface area contributed by atoms with Crippen molar-refractivity contribution in [2.45, 2.75) is 57.8 Å². The standard InChI is InChI=1S/C18H31N3O7/c1-18(2,3)27-17(24)21(4)12-9-7-8-10-19-15(12)20-28-13(16(23)26-6)11-14(22)25-5/h11-12,15,19-20H,7-10H2,1-6H3. The van der Waals surface area contributed by atoms with Crippen LogP contribution in [0.3, 0.4) is 0 Å². The van der Waals surface area contributed by atoms with Crippen LogP contribution in [0.25, 0.3) is 0 Å². The van der Waals surface area contributed by atoms with Crippen LogP contribution in [0.2, 0.25) is 0 Å². The van der Waals surface area contributed by atoms with Crippen LogP contribution in [0.15, 0.2) is 11.8 Å². The predicted octanol–water partition coefficient (Wildman–Crippen LogP) is 1.07. The van der Waals surface area contributed by atoms with Crippen molar-refractivity contribution in [3.63, 3.8) is 0 Å². The number of nitrogens with zero attached hydrogens (tertiary/aromatic N) is 1. The number of ether oxygens (including phenoxy) is 3. The number of hydroxylamine groups is 1. The molecule has 10 heteroatoms. The van der Waals surface area contributed by atoms with Crippen LogP contribution >= 0.6 is 0 Å². The summed E-state index contributed by atoms with van der Waals surface area (Å²) in [6.45, 7) is 6.07. The van der Waals surface area contributed by atoms with E-state index in [1.165, 1.54) is 19.1 Å². The van der Waals surface area contributed by atoms with Crippen LogP contribution in [0, 0.1) is 0 Å². The van der Waals surface area contributed by atoms with Gasteiger partial charge in [0.25, 0.3) is 0 Å². The molecule has 2 unspecified atom stereocenters. The first-order valence-corrected chi connectivity index (χ1v) is 9.08. The highest BCUT2D eigenvalue weighted by Gasteiger charge is 2.33. The number of carbonyl (C=O) groups excluding carboxylic acids is 3. The molecule has 28 heavy (non-hydrogen) atoms. The van der Waals surface area contributed by atoms with Gasteiger partial charge in [0.1, 0.15) is 11.8 Å². The Morgan fingerprint density at radius 2 is 1.82 bits per heavy atom. The summed E-state index contributed by atoms with van der Waals surface area (Å²) in [5, 5.41) is 3.23. The van der Waals surface area contributed by atoms with Gasteiger partial charge in [-0.25, -0.2) is 14.4 Å². The second-order valence-electron chi connectivity index (χ2n) is 7.33. The van der Waals surface area contributed by atoms with Gasteiger partial charge >= 0.3 is 18.0 Å². The number of amides is 1. The van der Waals surface area contributed by atoms with Crippen LogP contribution in [0.5, 0.6) is 0 Å². The summed E-state index contributed by atoms with van der Waals surface area (Å²) in [6, 6.07) is -0.311. The molecule has 1 amide bonds. The number of nitrogens with one attached hydrogen (secondary N) is 2. The highest BCUT2D eigenvalue weighted by Crippen LogP contribution is 2.18. The largest absolute Gasteiger partial charge is 0.466 e. The number of esters is 2. The van der Waals surface area contributed by atoms with Gasteiger partial charge in [-0.3, -0.25) is 5.32 Å². The summed E-state index contributed by atoms with van der Waals surface area (Å²) in [4.78, 5) is 42.5. The number of hydrogen-bond donors (Lipinski definition) is 2. The zero-order valence-electron chi connectivity index (χ0n) is 17.4. The van der Waals surface area contributed by atoms with Crippen LogP contribution < -0.4 is 10.8 Å². The fraction of sp³-hybridized carbons (Fsp3) is 0.722. The molecule has 0 bridgehead atoms. The summed E-state index contributed by atoms with van der Waals surface area (Å²) in [5.74, 6) is -1.97.